The van der Waals surface area contributed by atoms with Gasteiger partial charge >= 0.3 is 0 Å². The number of quaternary nitrogens is 1. The quantitative estimate of drug-likeness (QED) is 0.371. The van der Waals surface area contributed by atoms with Crippen LogP contribution in [0, 0.1) is 12.3 Å². The second kappa shape index (κ2) is 11.6. The summed E-state index contributed by atoms with van der Waals surface area (Å²) in [6.07, 6.45) is 4.23. The third-order valence-corrected chi connectivity index (χ3v) is 6.56. The van der Waals surface area contributed by atoms with Gasteiger partial charge in [-0.2, -0.15) is 0 Å². The highest BCUT2D eigenvalue weighted by Gasteiger charge is 2.28. The Hall–Kier alpha value is -3.26. The fourth-order valence-electron chi connectivity index (χ4n) is 4.37. The number of aromatic nitrogens is 2. The van der Waals surface area contributed by atoms with Crippen LogP contribution in [-0.4, -0.2) is 54.9 Å². The highest BCUT2D eigenvalue weighted by atomic mass is 35.5. The molecule has 8 heteroatoms. The number of nitrogens with one attached hydrogen (secondary N) is 2. The van der Waals surface area contributed by atoms with E-state index in [2.05, 4.69) is 39.6 Å². The lowest BCUT2D eigenvalue weighted by Gasteiger charge is -2.22. The SMILES string of the molecule is C[NH2+]/C(=C1\C(=N)CCc2cnc(Nc3ccc(OCCCN(C)C)cc3Cl)nc21)c1ccccc1C. The molecule has 7 nitrogen and oxygen atoms in total. The van der Waals surface area contributed by atoms with Gasteiger partial charge in [-0.1, -0.05) is 29.8 Å². The molecule has 1 heterocycles. The van der Waals surface area contributed by atoms with Gasteiger partial charge in [0.15, 0.2) is 0 Å². The van der Waals surface area contributed by atoms with Gasteiger partial charge in [0.05, 0.1) is 35.6 Å². The van der Waals surface area contributed by atoms with Crippen LogP contribution in [0.4, 0.5) is 11.6 Å². The molecule has 0 aliphatic heterocycles. The Morgan fingerprint density at radius 2 is 2.00 bits per heavy atom. The van der Waals surface area contributed by atoms with Gasteiger partial charge in [-0.25, -0.2) is 9.97 Å². The molecule has 0 fully saturated rings. The zero-order valence-corrected chi connectivity index (χ0v) is 22.1. The molecule has 0 saturated carbocycles. The molecule has 0 saturated heterocycles. The maximum absolute atomic E-state index is 8.78. The van der Waals surface area contributed by atoms with E-state index in [-0.39, 0.29) is 0 Å². The van der Waals surface area contributed by atoms with E-state index in [0.717, 1.165) is 53.2 Å². The van der Waals surface area contributed by atoms with E-state index >= 15 is 0 Å². The predicted octanol–water partition coefficient (Wildman–Crippen LogP) is 4.54. The molecule has 0 atom stereocenters. The predicted molar refractivity (Wildman–Crippen MR) is 147 cm³/mol. The van der Waals surface area contributed by atoms with Crippen molar-refractivity contribution in [1.29, 1.82) is 5.41 Å². The van der Waals surface area contributed by atoms with Crippen LogP contribution in [0.25, 0.3) is 11.3 Å². The first kappa shape index (κ1) is 25.8. The second-order valence-corrected chi connectivity index (χ2v) is 9.62. The lowest BCUT2D eigenvalue weighted by molar-refractivity contribution is -0.529. The fourth-order valence-corrected chi connectivity index (χ4v) is 4.59. The Labute approximate surface area is 218 Å². The van der Waals surface area contributed by atoms with Crippen molar-refractivity contribution in [2.24, 2.45) is 0 Å². The van der Waals surface area contributed by atoms with Crippen molar-refractivity contribution in [3.05, 3.63) is 76.1 Å². The molecule has 1 aromatic heterocycles. The third kappa shape index (κ3) is 5.93. The molecular weight excluding hydrogens is 472 g/mol. The van der Waals surface area contributed by atoms with Gasteiger partial charge in [-0.3, -0.25) is 0 Å². The van der Waals surface area contributed by atoms with Gasteiger partial charge in [0.1, 0.15) is 11.4 Å². The third-order valence-electron chi connectivity index (χ3n) is 6.25. The lowest BCUT2D eigenvalue weighted by Crippen LogP contribution is -2.76. The maximum Gasteiger partial charge on any atom is 0.227 e. The van der Waals surface area contributed by atoms with Crippen LogP contribution in [0.15, 0.2) is 48.7 Å². The molecule has 0 radical (unpaired) electrons. The average molecular weight is 506 g/mol. The number of hydrogen-bond acceptors (Lipinski definition) is 6. The van der Waals surface area contributed by atoms with E-state index in [9.17, 15) is 0 Å². The molecule has 1 aliphatic carbocycles. The molecule has 4 N–H and O–H groups in total. The largest absolute Gasteiger partial charge is 0.493 e. The normalized spacial score (nSPS) is 14.6. The van der Waals surface area contributed by atoms with Crippen molar-refractivity contribution >= 4 is 40.2 Å². The molecule has 4 rings (SSSR count). The van der Waals surface area contributed by atoms with Crippen LogP contribution in [0.2, 0.25) is 5.02 Å². The van der Waals surface area contributed by atoms with Crippen LogP contribution in [0.5, 0.6) is 5.75 Å². The van der Waals surface area contributed by atoms with E-state index in [1.807, 2.05) is 51.6 Å². The van der Waals surface area contributed by atoms with Crippen LogP contribution in [0.3, 0.4) is 0 Å². The molecule has 0 unspecified atom stereocenters. The van der Waals surface area contributed by atoms with Gasteiger partial charge in [0.2, 0.25) is 5.95 Å². The van der Waals surface area contributed by atoms with Gasteiger partial charge in [0, 0.05) is 30.1 Å². The molecule has 188 valence electrons. The van der Waals surface area contributed by atoms with Crippen LogP contribution in [0.1, 0.15) is 35.2 Å². The summed E-state index contributed by atoms with van der Waals surface area (Å²) in [5.74, 6) is 1.18. The number of aryl methyl sites for hydroxylation is 2. The Morgan fingerprint density at radius 3 is 2.72 bits per heavy atom. The number of rotatable bonds is 9. The number of nitrogens with two attached hydrogens (primary N) is 1. The number of fused-ring (bicyclic) bond motifs is 1. The number of nitrogens with zero attached hydrogens (tertiary/aromatic N) is 3. The minimum Gasteiger partial charge on any atom is -0.493 e. The number of anilines is 2. The maximum atomic E-state index is 8.78. The van der Waals surface area contributed by atoms with Crippen molar-refractivity contribution in [2.75, 3.05) is 39.6 Å². The molecular formula is C28H34ClN6O+. The Kier molecular flexibility index (Phi) is 8.36. The Bertz CT molecular complexity index is 1290. The second-order valence-electron chi connectivity index (χ2n) is 9.21. The summed E-state index contributed by atoms with van der Waals surface area (Å²) in [5.41, 5.74) is 7.33. The fraction of sp³-hybridized carbons (Fsp3) is 0.321. The van der Waals surface area contributed by atoms with Crippen molar-refractivity contribution < 1.29 is 10.1 Å². The summed E-state index contributed by atoms with van der Waals surface area (Å²) in [7, 11) is 6.11. The van der Waals surface area contributed by atoms with Crippen molar-refractivity contribution in [3.63, 3.8) is 0 Å². The summed E-state index contributed by atoms with van der Waals surface area (Å²) in [6, 6.07) is 13.8. The zero-order valence-electron chi connectivity index (χ0n) is 21.4. The number of halogens is 1. The van der Waals surface area contributed by atoms with E-state index in [4.69, 9.17) is 26.7 Å². The van der Waals surface area contributed by atoms with Crippen LogP contribution in [-0.2, 0) is 6.42 Å². The molecule has 36 heavy (non-hydrogen) atoms. The van der Waals surface area contributed by atoms with Gasteiger partial charge < -0.3 is 25.7 Å². The van der Waals surface area contributed by atoms with E-state index in [1.165, 1.54) is 5.56 Å². The molecule has 0 amide bonds. The highest BCUT2D eigenvalue weighted by molar-refractivity contribution is 6.33. The highest BCUT2D eigenvalue weighted by Crippen LogP contribution is 2.33. The lowest BCUT2D eigenvalue weighted by atomic mass is 9.87. The van der Waals surface area contributed by atoms with Crippen molar-refractivity contribution in [1.82, 2.24) is 14.9 Å². The first-order valence-electron chi connectivity index (χ1n) is 12.2. The summed E-state index contributed by atoms with van der Waals surface area (Å²) >= 11 is 6.55. The Balaban J connectivity index is 1.61. The minimum absolute atomic E-state index is 0.447. The summed E-state index contributed by atoms with van der Waals surface area (Å²) in [4.78, 5) is 11.5. The standard InChI is InChI=1S/C28H33ClN6O/c1-18-8-5-6-9-21(18)27(31-2)25-23(30)12-10-19-17-32-28(34-26(19)25)33-24-13-11-20(16-22(24)29)36-15-7-14-35(3)4/h5-6,8-9,11,13,16-17,30-31H,7,10,12,14-15H2,1-4H3,(H,32,33,34)/p+1/b27-25+,30-23?. The van der Waals surface area contributed by atoms with Crippen molar-refractivity contribution in [2.45, 2.75) is 26.2 Å². The molecule has 0 bridgehead atoms. The van der Waals surface area contributed by atoms with Gasteiger partial charge in [0.25, 0.3) is 0 Å². The van der Waals surface area contributed by atoms with Gasteiger partial charge in [-0.05, 0) is 69.6 Å². The van der Waals surface area contributed by atoms with E-state index in [1.54, 1.807) is 6.07 Å². The Morgan fingerprint density at radius 1 is 1.19 bits per heavy atom. The van der Waals surface area contributed by atoms with E-state index in [0.29, 0.717) is 35.4 Å². The van der Waals surface area contributed by atoms with Crippen molar-refractivity contribution in [3.8, 4) is 5.75 Å². The number of ether oxygens (including phenoxy) is 1. The first-order chi connectivity index (χ1) is 17.4. The minimum atomic E-state index is 0.447. The number of allylic oxidation sites excluding steroid dienone is 1. The average Bonchev–Trinajstić information content (AvgIpc) is 2.86. The van der Waals surface area contributed by atoms with Crippen LogP contribution >= 0.6 is 11.6 Å². The molecule has 1 aliphatic rings. The molecule has 3 aromatic rings. The summed E-state index contributed by atoms with van der Waals surface area (Å²) in [5, 5.41) is 14.6. The zero-order chi connectivity index (χ0) is 25.7. The monoisotopic (exact) mass is 505 g/mol. The smallest absolute Gasteiger partial charge is 0.227 e. The molecule has 2 aromatic carbocycles. The van der Waals surface area contributed by atoms with Gasteiger partial charge in [-0.15, -0.1) is 0 Å². The topological polar surface area (TPSA) is 90.7 Å². The summed E-state index contributed by atoms with van der Waals surface area (Å²) < 4.78 is 5.83. The molecule has 0 spiro atoms. The number of hydrogen-bond donors (Lipinski definition) is 3. The summed E-state index contributed by atoms with van der Waals surface area (Å²) in [6.45, 7) is 3.70. The number of benzene rings is 2. The van der Waals surface area contributed by atoms with E-state index < -0.39 is 0 Å². The first-order valence-corrected chi connectivity index (χ1v) is 12.6. The van der Waals surface area contributed by atoms with Crippen LogP contribution < -0.4 is 15.4 Å².